The Balaban J connectivity index is 2.14. The number of benzene rings is 2. The van der Waals surface area contributed by atoms with Crippen LogP contribution >= 0.6 is 11.6 Å². The molecule has 1 unspecified atom stereocenters. The van der Waals surface area contributed by atoms with E-state index in [4.69, 9.17) is 11.6 Å². The Hall–Kier alpha value is -2.33. The van der Waals surface area contributed by atoms with Crippen molar-refractivity contribution in [1.82, 2.24) is 5.32 Å². The fourth-order valence-electron chi connectivity index (χ4n) is 2.46. The van der Waals surface area contributed by atoms with Crippen molar-refractivity contribution in [1.29, 1.82) is 0 Å². The second kappa shape index (κ2) is 8.17. The van der Waals surface area contributed by atoms with E-state index in [9.17, 15) is 9.59 Å². The van der Waals surface area contributed by atoms with Crippen molar-refractivity contribution in [2.45, 2.75) is 33.7 Å². The molecule has 0 saturated heterocycles. The van der Waals surface area contributed by atoms with Crippen molar-refractivity contribution in [3.63, 3.8) is 0 Å². The van der Waals surface area contributed by atoms with Gasteiger partial charge in [-0.25, -0.2) is 0 Å². The molecule has 2 aromatic carbocycles. The van der Waals surface area contributed by atoms with Crippen LogP contribution in [0.15, 0.2) is 42.5 Å². The van der Waals surface area contributed by atoms with Crippen LogP contribution in [0.5, 0.6) is 0 Å². The summed E-state index contributed by atoms with van der Waals surface area (Å²) in [5.74, 6) is -0.584. The highest BCUT2D eigenvalue weighted by molar-refractivity contribution is 6.30. The molecule has 2 N–H and O–H groups in total. The van der Waals surface area contributed by atoms with Crippen molar-refractivity contribution in [3.8, 4) is 0 Å². The van der Waals surface area contributed by atoms with E-state index in [0.717, 1.165) is 16.8 Å². The Bertz CT molecular complexity index is 770. The van der Waals surface area contributed by atoms with Gasteiger partial charge in [0.05, 0.1) is 0 Å². The lowest BCUT2D eigenvalue weighted by atomic mass is 10.0. The van der Waals surface area contributed by atoms with E-state index in [1.165, 1.54) is 0 Å². The molecule has 0 aliphatic carbocycles. The maximum absolute atomic E-state index is 12.7. The predicted molar refractivity (Wildman–Crippen MR) is 102 cm³/mol. The number of nitrogens with one attached hydrogen (secondary N) is 2. The fourth-order valence-corrected chi connectivity index (χ4v) is 2.58. The zero-order chi connectivity index (χ0) is 18.6. The minimum absolute atomic E-state index is 0.0543. The molecule has 2 rings (SSSR count). The molecular weight excluding hydrogens is 336 g/mol. The van der Waals surface area contributed by atoms with Gasteiger partial charge in [0.15, 0.2) is 0 Å². The van der Waals surface area contributed by atoms with Gasteiger partial charge in [-0.05, 0) is 61.2 Å². The maximum atomic E-state index is 12.7. The zero-order valence-corrected chi connectivity index (χ0v) is 15.6. The van der Waals surface area contributed by atoms with Crippen LogP contribution in [0.25, 0.3) is 0 Å². The first-order chi connectivity index (χ1) is 11.8. The smallest absolute Gasteiger partial charge is 0.251 e. The Morgan fingerprint density at radius 3 is 2.24 bits per heavy atom. The molecule has 0 bridgehead atoms. The molecule has 4 nitrogen and oxygen atoms in total. The van der Waals surface area contributed by atoms with Gasteiger partial charge in [0, 0.05) is 16.3 Å². The SMILES string of the molecule is Cc1cccc(NC(=O)C(NC(=O)c2ccc(Cl)cc2)C(C)C)c1C. The minimum atomic E-state index is -0.636. The van der Waals surface area contributed by atoms with E-state index < -0.39 is 6.04 Å². The number of carbonyl (C=O) groups excluding carboxylic acids is 2. The summed E-state index contributed by atoms with van der Waals surface area (Å²) in [5.41, 5.74) is 3.34. The molecule has 1 atom stereocenters. The topological polar surface area (TPSA) is 58.2 Å². The lowest BCUT2D eigenvalue weighted by Crippen LogP contribution is -2.47. The third-order valence-electron chi connectivity index (χ3n) is 4.20. The summed E-state index contributed by atoms with van der Waals surface area (Å²) >= 11 is 5.84. The molecule has 132 valence electrons. The highest BCUT2D eigenvalue weighted by Gasteiger charge is 2.25. The maximum Gasteiger partial charge on any atom is 0.251 e. The molecule has 0 saturated carbocycles. The van der Waals surface area contributed by atoms with E-state index in [2.05, 4.69) is 10.6 Å². The van der Waals surface area contributed by atoms with Gasteiger partial charge in [-0.15, -0.1) is 0 Å². The Morgan fingerprint density at radius 2 is 1.64 bits per heavy atom. The number of amides is 2. The molecule has 25 heavy (non-hydrogen) atoms. The standard InChI is InChI=1S/C20H23ClN2O2/c1-12(2)18(23-19(24)15-8-10-16(21)11-9-15)20(25)22-17-7-5-6-13(3)14(17)4/h5-12,18H,1-4H3,(H,22,25)(H,23,24). The van der Waals surface area contributed by atoms with Crippen LogP contribution in [0.3, 0.4) is 0 Å². The Kier molecular flexibility index (Phi) is 6.21. The van der Waals surface area contributed by atoms with Gasteiger partial charge in [0.2, 0.25) is 5.91 Å². The molecule has 0 spiro atoms. The van der Waals surface area contributed by atoms with Gasteiger partial charge in [-0.3, -0.25) is 9.59 Å². The van der Waals surface area contributed by atoms with Gasteiger partial charge in [0.25, 0.3) is 5.91 Å². The van der Waals surface area contributed by atoms with E-state index in [1.807, 2.05) is 45.9 Å². The van der Waals surface area contributed by atoms with Gasteiger partial charge in [-0.1, -0.05) is 37.6 Å². The minimum Gasteiger partial charge on any atom is -0.340 e. The van der Waals surface area contributed by atoms with Crippen molar-refractivity contribution in [3.05, 3.63) is 64.2 Å². The first-order valence-electron chi connectivity index (χ1n) is 8.23. The number of hydrogen-bond acceptors (Lipinski definition) is 2. The zero-order valence-electron chi connectivity index (χ0n) is 14.9. The van der Waals surface area contributed by atoms with Crippen LogP contribution in [0, 0.1) is 19.8 Å². The molecule has 0 aliphatic rings. The first kappa shape index (κ1) is 19.0. The largest absolute Gasteiger partial charge is 0.340 e. The number of carbonyl (C=O) groups is 2. The molecule has 0 fully saturated rings. The monoisotopic (exact) mass is 358 g/mol. The summed E-state index contributed by atoms with van der Waals surface area (Å²) in [6.45, 7) is 7.75. The van der Waals surface area contributed by atoms with Gasteiger partial charge in [0.1, 0.15) is 6.04 Å². The molecule has 0 radical (unpaired) electrons. The second-order valence-electron chi connectivity index (χ2n) is 6.44. The van der Waals surface area contributed by atoms with Crippen LogP contribution < -0.4 is 10.6 Å². The van der Waals surface area contributed by atoms with Gasteiger partial charge in [-0.2, -0.15) is 0 Å². The summed E-state index contributed by atoms with van der Waals surface area (Å²) in [5, 5.41) is 6.30. The Morgan fingerprint density at radius 1 is 1.00 bits per heavy atom. The summed E-state index contributed by atoms with van der Waals surface area (Å²) in [4.78, 5) is 25.1. The highest BCUT2D eigenvalue weighted by atomic mass is 35.5. The van der Waals surface area contributed by atoms with Crippen LogP contribution in [0.1, 0.15) is 35.3 Å². The lowest BCUT2D eigenvalue weighted by Gasteiger charge is -2.22. The van der Waals surface area contributed by atoms with Crippen molar-refractivity contribution in [2.75, 3.05) is 5.32 Å². The molecule has 2 aromatic rings. The van der Waals surface area contributed by atoms with Crippen molar-refractivity contribution in [2.24, 2.45) is 5.92 Å². The number of rotatable bonds is 5. The lowest BCUT2D eigenvalue weighted by molar-refractivity contribution is -0.118. The summed E-state index contributed by atoms with van der Waals surface area (Å²) < 4.78 is 0. The number of aryl methyl sites for hydroxylation is 1. The first-order valence-corrected chi connectivity index (χ1v) is 8.61. The number of anilines is 1. The van der Waals surface area contributed by atoms with E-state index in [0.29, 0.717) is 10.6 Å². The molecule has 5 heteroatoms. The third-order valence-corrected chi connectivity index (χ3v) is 4.46. The van der Waals surface area contributed by atoms with Gasteiger partial charge < -0.3 is 10.6 Å². The summed E-state index contributed by atoms with van der Waals surface area (Å²) in [6.07, 6.45) is 0. The third kappa shape index (κ3) is 4.83. The number of halogens is 1. The van der Waals surface area contributed by atoms with Crippen LogP contribution in [0.4, 0.5) is 5.69 Å². The molecule has 0 aliphatic heterocycles. The average Bonchev–Trinajstić information content (AvgIpc) is 2.56. The highest BCUT2D eigenvalue weighted by Crippen LogP contribution is 2.19. The Labute approximate surface area is 153 Å². The molecular formula is C20H23ClN2O2. The van der Waals surface area contributed by atoms with E-state index in [-0.39, 0.29) is 17.7 Å². The van der Waals surface area contributed by atoms with E-state index in [1.54, 1.807) is 24.3 Å². The van der Waals surface area contributed by atoms with Crippen LogP contribution in [-0.4, -0.2) is 17.9 Å². The van der Waals surface area contributed by atoms with Crippen LogP contribution in [0.2, 0.25) is 5.02 Å². The quantitative estimate of drug-likeness (QED) is 0.834. The van der Waals surface area contributed by atoms with Gasteiger partial charge >= 0.3 is 0 Å². The summed E-state index contributed by atoms with van der Waals surface area (Å²) in [6, 6.07) is 11.7. The molecule has 0 heterocycles. The molecule has 0 aromatic heterocycles. The normalized spacial score (nSPS) is 11.9. The summed E-state index contributed by atoms with van der Waals surface area (Å²) in [7, 11) is 0. The van der Waals surface area contributed by atoms with Crippen LogP contribution in [-0.2, 0) is 4.79 Å². The second-order valence-corrected chi connectivity index (χ2v) is 6.88. The average molecular weight is 359 g/mol. The fraction of sp³-hybridized carbons (Fsp3) is 0.300. The van der Waals surface area contributed by atoms with Crippen molar-refractivity contribution < 1.29 is 9.59 Å². The van der Waals surface area contributed by atoms with Crippen molar-refractivity contribution >= 4 is 29.1 Å². The number of hydrogen-bond donors (Lipinski definition) is 2. The molecule has 2 amide bonds. The van der Waals surface area contributed by atoms with E-state index >= 15 is 0 Å². The predicted octanol–water partition coefficient (Wildman–Crippen LogP) is 4.35.